The third-order valence-corrected chi connectivity index (χ3v) is 3.23. The van der Waals surface area contributed by atoms with Crippen LogP contribution in [0.3, 0.4) is 0 Å². The van der Waals surface area contributed by atoms with Gasteiger partial charge in [-0.25, -0.2) is 9.97 Å². The molecule has 1 atom stereocenters. The standard InChI is InChI=1S/C13H23BrN4/c1-9(18(5)6)8-15-11-7-10(14)16-12(17-11)13(2,3)4/h7,9H,8H2,1-6H3,(H,15,16,17). The number of halogens is 1. The zero-order valence-corrected chi connectivity index (χ0v) is 13.7. The van der Waals surface area contributed by atoms with E-state index in [4.69, 9.17) is 0 Å². The second-order valence-corrected chi connectivity index (χ2v) is 6.66. The number of aromatic nitrogens is 2. The lowest BCUT2D eigenvalue weighted by atomic mass is 9.96. The molecule has 4 nitrogen and oxygen atoms in total. The van der Waals surface area contributed by atoms with Gasteiger partial charge in [0.2, 0.25) is 0 Å². The van der Waals surface area contributed by atoms with E-state index in [0.717, 1.165) is 22.8 Å². The lowest BCUT2D eigenvalue weighted by Crippen LogP contribution is -2.32. The van der Waals surface area contributed by atoms with Crippen LogP contribution in [0.15, 0.2) is 10.7 Å². The van der Waals surface area contributed by atoms with Crippen molar-refractivity contribution >= 4 is 21.7 Å². The number of anilines is 1. The van der Waals surface area contributed by atoms with Gasteiger partial charge in [-0.1, -0.05) is 20.8 Å². The molecule has 0 aliphatic heterocycles. The van der Waals surface area contributed by atoms with Crippen molar-refractivity contribution in [1.29, 1.82) is 0 Å². The van der Waals surface area contributed by atoms with Crippen molar-refractivity contribution in [1.82, 2.24) is 14.9 Å². The normalized spacial score (nSPS) is 13.8. The molecular weight excluding hydrogens is 292 g/mol. The van der Waals surface area contributed by atoms with Crippen molar-refractivity contribution in [3.63, 3.8) is 0 Å². The number of rotatable bonds is 4. The Bertz CT molecular complexity index is 398. The van der Waals surface area contributed by atoms with Gasteiger partial charge in [-0.2, -0.15) is 0 Å². The molecule has 0 aliphatic rings. The van der Waals surface area contributed by atoms with Crippen molar-refractivity contribution in [2.24, 2.45) is 0 Å². The third-order valence-electron chi connectivity index (χ3n) is 2.83. The second kappa shape index (κ2) is 5.97. The highest BCUT2D eigenvalue weighted by Crippen LogP contribution is 2.22. The van der Waals surface area contributed by atoms with Crippen molar-refractivity contribution < 1.29 is 0 Å². The highest BCUT2D eigenvalue weighted by atomic mass is 79.9. The first-order valence-corrected chi connectivity index (χ1v) is 6.95. The molecule has 0 radical (unpaired) electrons. The molecule has 1 heterocycles. The smallest absolute Gasteiger partial charge is 0.137 e. The molecule has 1 aromatic heterocycles. The van der Waals surface area contributed by atoms with Gasteiger partial charge in [0, 0.05) is 24.1 Å². The minimum absolute atomic E-state index is 0.0482. The van der Waals surface area contributed by atoms with Gasteiger partial charge in [-0.05, 0) is 36.9 Å². The zero-order chi connectivity index (χ0) is 13.9. The van der Waals surface area contributed by atoms with Crippen molar-refractivity contribution in [3.05, 3.63) is 16.5 Å². The Morgan fingerprint density at radius 1 is 1.33 bits per heavy atom. The van der Waals surface area contributed by atoms with Gasteiger partial charge in [0.25, 0.3) is 0 Å². The second-order valence-electron chi connectivity index (χ2n) is 5.84. The van der Waals surface area contributed by atoms with Gasteiger partial charge in [0.1, 0.15) is 16.2 Å². The first-order chi connectivity index (χ1) is 8.20. The number of likely N-dealkylation sites (N-methyl/N-ethyl adjacent to an activating group) is 1. The molecule has 0 aromatic carbocycles. The van der Waals surface area contributed by atoms with Gasteiger partial charge in [-0.15, -0.1) is 0 Å². The van der Waals surface area contributed by atoms with Crippen LogP contribution in [-0.2, 0) is 5.41 Å². The molecule has 0 fully saturated rings. The van der Waals surface area contributed by atoms with E-state index in [1.807, 2.05) is 6.07 Å². The quantitative estimate of drug-likeness (QED) is 0.868. The molecule has 18 heavy (non-hydrogen) atoms. The number of nitrogens with zero attached hydrogens (tertiary/aromatic N) is 3. The lowest BCUT2D eigenvalue weighted by molar-refractivity contribution is 0.326. The maximum Gasteiger partial charge on any atom is 0.137 e. The summed E-state index contributed by atoms with van der Waals surface area (Å²) < 4.78 is 0.822. The van der Waals surface area contributed by atoms with E-state index in [9.17, 15) is 0 Å². The molecule has 1 rings (SSSR count). The maximum absolute atomic E-state index is 4.57. The predicted molar refractivity (Wildman–Crippen MR) is 80.1 cm³/mol. The first kappa shape index (κ1) is 15.4. The van der Waals surface area contributed by atoms with Crippen LogP contribution in [0.2, 0.25) is 0 Å². The molecule has 0 bridgehead atoms. The molecular formula is C13H23BrN4. The van der Waals surface area contributed by atoms with Crippen molar-refractivity contribution in [2.75, 3.05) is 26.0 Å². The van der Waals surface area contributed by atoms with Crippen LogP contribution in [0.25, 0.3) is 0 Å². The highest BCUT2D eigenvalue weighted by molar-refractivity contribution is 9.10. The Kier molecular flexibility index (Phi) is 5.10. The van der Waals surface area contributed by atoms with Gasteiger partial charge < -0.3 is 10.2 Å². The van der Waals surface area contributed by atoms with Crippen molar-refractivity contribution in [3.8, 4) is 0 Å². The summed E-state index contributed by atoms with van der Waals surface area (Å²) in [5.74, 6) is 1.72. The molecule has 1 N–H and O–H groups in total. The van der Waals surface area contributed by atoms with E-state index in [-0.39, 0.29) is 5.41 Å². The summed E-state index contributed by atoms with van der Waals surface area (Å²) in [4.78, 5) is 11.2. The topological polar surface area (TPSA) is 41.1 Å². The Balaban J connectivity index is 2.81. The Morgan fingerprint density at radius 2 is 1.94 bits per heavy atom. The Morgan fingerprint density at radius 3 is 2.44 bits per heavy atom. The van der Waals surface area contributed by atoms with E-state index in [0.29, 0.717) is 6.04 Å². The first-order valence-electron chi connectivity index (χ1n) is 6.15. The van der Waals surface area contributed by atoms with Crippen molar-refractivity contribution in [2.45, 2.75) is 39.2 Å². The number of nitrogens with one attached hydrogen (secondary N) is 1. The summed E-state index contributed by atoms with van der Waals surface area (Å²) in [5.41, 5.74) is -0.0482. The van der Waals surface area contributed by atoms with Crippen LogP contribution in [0.1, 0.15) is 33.5 Å². The van der Waals surface area contributed by atoms with E-state index >= 15 is 0 Å². The maximum atomic E-state index is 4.57. The molecule has 0 saturated carbocycles. The summed E-state index contributed by atoms with van der Waals surface area (Å²) in [5, 5.41) is 3.36. The van der Waals surface area contributed by atoms with E-state index < -0.39 is 0 Å². The monoisotopic (exact) mass is 314 g/mol. The number of hydrogen-bond donors (Lipinski definition) is 1. The largest absolute Gasteiger partial charge is 0.368 e. The summed E-state index contributed by atoms with van der Waals surface area (Å²) in [6.45, 7) is 9.37. The molecule has 1 aromatic rings. The predicted octanol–water partition coefficient (Wildman–Crippen LogP) is 2.90. The third kappa shape index (κ3) is 4.53. The summed E-state index contributed by atoms with van der Waals surface area (Å²) in [7, 11) is 4.14. The van der Waals surface area contributed by atoms with E-state index in [1.165, 1.54) is 0 Å². The molecule has 5 heteroatoms. The Labute approximate surface area is 118 Å². The van der Waals surface area contributed by atoms with Gasteiger partial charge in [-0.3, -0.25) is 0 Å². The van der Waals surface area contributed by atoms with E-state index in [2.05, 4.69) is 77.9 Å². The van der Waals surface area contributed by atoms with Crippen LogP contribution in [0, 0.1) is 0 Å². The molecule has 0 aliphatic carbocycles. The SMILES string of the molecule is CC(CNc1cc(Br)nc(C(C)(C)C)n1)N(C)C. The zero-order valence-electron chi connectivity index (χ0n) is 12.1. The van der Waals surface area contributed by atoms with Crippen LogP contribution in [0.5, 0.6) is 0 Å². The fourth-order valence-electron chi connectivity index (χ4n) is 1.28. The minimum Gasteiger partial charge on any atom is -0.368 e. The average molecular weight is 315 g/mol. The van der Waals surface area contributed by atoms with Crippen LogP contribution >= 0.6 is 15.9 Å². The van der Waals surface area contributed by atoms with Gasteiger partial charge in [0.05, 0.1) is 0 Å². The van der Waals surface area contributed by atoms with Gasteiger partial charge in [0.15, 0.2) is 0 Å². The molecule has 0 spiro atoms. The average Bonchev–Trinajstić information content (AvgIpc) is 2.23. The fourth-order valence-corrected chi connectivity index (χ4v) is 1.66. The van der Waals surface area contributed by atoms with Crippen LogP contribution in [-0.4, -0.2) is 41.5 Å². The highest BCUT2D eigenvalue weighted by Gasteiger charge is 2.18. The molecule has 102 valence electrons. The van der Waals surface area contributed by atoms with Gasteiger partial charge >= 0.3 is 0 Å². The molecule has 0 amide bonds. The molecule has 0 saturated heterocycles. The van der Waals surface area contributed by atoms with E-state index in [1.54, 1.807) is 0 Å². The lowest BCUT2D eigenvalue weighted by Gasteiger charge is -2.21. The van der Waals surface area contributed by atoms with Crippen LogP contribution < -0.4 is 5.32 Å². The minimum atomic E-state index is -0.0482. The summed E-state index contributed by atoms with van der Waals surface area (Å²) >= 11 is 3.44. The number of hydrogen-bond acceptors (Lipinski definition) is 4. The fraction of sp³-hybridized carbons (Fsp3) is 0.692. The Hall–Kier alpha value is -0.680. The summed E-state index contributed by atoms with van der Waals surface area (Å²) in [6, 6.07) is 2.37. The summed E-state index contributed by atoms with van der Waals surface area (Å²) in [6.07, 6.45) is 0. The molecule has 1 unspecified atom stereocenters. The van der Waals surface area contributed by atoms with Crippen LogP contribution in [0.4, 0.5) is 5.82 Å².